The Bertz CT molecular complexity index is 213. The number of amides is 1. The number of hydrogen-bond acceptors (Lipinski definition) is 2. The van der Waals surface area contributed by atoms with Gasteiger partial charge in [-0.3, -0.25) is 4.79 Å². The molecule has 0 bridgehead atoms. The van der Waals surface area contributed by atoms with Gasteiger partial charge in [0, 0.05) is 6.42 Å². The second-order valence-corrected chi connectivity index (χ2v) is 3.64. The van der Waals surface area contributed by atoms with Gasteiger partial charge in [-0.1, -0.05) is 25.7 Å². The average Bonchev–Trinajstić information content (AvgIpc) is 2.57. The van der Waals surface area contributed by atoms with E-state index in [0.717, 1.165) is 18.8 Å². The van der Waals surface area contributed by atoms with Crippen molar-refractivity contribution >= 4 is 12.0 Å². The minimum atomic E-state index is -0.326. The molecule has 1 aliphatic rings. The van der Waals surface area contributed by atoms with Crippen LogP contribution in [0.5, 0.6) is 0 Å². The summed E-state index contributed by atoms with van der Waals surface area (Å²) >= 11 is 0. The fourth-order valence-corrected chi connectivity index (χ4v) is 1.95. The normalized spacial score (nSPS) is 16.9. The fourth-order valence-electron chi connectivity index (χ4n) is 1.95. The van der Waals surface area contributed by atoms with E-state index in [-0.39, 0.29) is 5.91 Å². The quantitative estimate of drug-likeness (QED) is 0.493. The molecule has 0 aromatic heterocycles. The lowest BCUT2D eigenvalue weighted by molar-refractivity contribution is -0.117. The van der Waals surface area contributed by atoms with Gasteiger partial charge in [-0.15, -0.1) is 4.99 Å². The highest BCUT2D eigenvalue weighted by Gasteiger charge is 2.14. The SMILES string of the molecule is O=C=NC(=O)CCCC1CCCC1. The molecule has 1 amide bonds. The highest BCUT2D eigenvalue weighted by Crippen LogP contribution is 2.28. The van der Waals surface area contributed by atoms with E-state index < -0.39 is 0 Å². The Hall–Kier alpha value is -0.950. The van der Waals surface area contributed by atoms with Crippen LogP contribution < -0.4 is 0 Å². The molecule has 1 fully saturated rings. The van der Waals surface area contributed by atoms with Crippen LogP contribution in [0.1, 0.15) is 44.9 Å². The Balaban J connectivity index is 2.05. The van der Waals surface area contributed by atoms with Gasteiger partial charge in [0.25, 0.3) is 5.91 Å². The maximum atomic E-state index is 10.8. The van der Waals surface area contributed by atoms with Gasteiger partial charge in [-0.25, -0.2) is 4.79 Å². The molecule has 0 atom stereocenters. The second kappa shape index (κ2) is 5.65. The van der Waals surface area contributed by atoms with E-state index in [1.54, 1.807) is 0 Å². The summed E-state index contributed by atoms with van der Waals surface area (Å²) in [5.41, 5.74) is 0. The van der Waals surface area contributed by atoms with Crippen molar-refractivity contribution in [2.24, 2.45) is 10.9 Å². The van der Waals surface area contributed by atoms with Crippen LogP contribution in [0.4, 0.5) is 0 Å². The van der Waals surface area contributed by atoms with Gasteiger partial charge in [-0.2, -0.15) is 0 Å². The largest absolute Gasteiger partial charge is 0.272 e. The molecular formula is C10H15NO2. The lowest BCUT2D eigenvalue weighted by atomic mass is 10.0. The van der Waals surface area contributed by atoms with E-state index in [0.29, 0.717) is 6.42 Å². The number of aliphatic imine (C=N–C) groups is 1. The average molecular weight is 181 g/mol. The van der Waals surface area contributed by atoms with Gasteiger partial charge in [-0.05, 0) is 18.8 Å². The number of rotatable bonds is 4. The lowest BCUT2D eigenvalue weighted by Gasteiger charge is -2.05. The summed E-state index contributed by atoms with van der Waals surface area (Å²) in [7, 11) is 0. The van der Waals surface area contributed by atoms with E-state index in [1.807, 2.05) is 0 Å². The number of carbonyl (C=O) groups is 1. The van der Waals surface area contributed by atoms with Crippen molar-refractivity contribution in [3.63, 3.8) is 0 Å². The molecule has 0 spiro atoms. The first-order valence-corrected chi connectivity index (χ1v) is 4.93. The van der Waals surface area contributed by atoms with Gasteiger partial charge in [0.1, 0.15) is 0 Å². The lowest BCUT2D eigenvalue weighted by Crippen LogP contribution is -1.97. The molecule has 0 aromatic carbocycles. The monoisotopic (exact) mass is 181 g/mol. The summed E-state index contributed by atoms with van der Waals surface area (Å²) < 4.78 is 0. The number of nitrogens with zero attached hydrogens (tertiary/aromatic N) is 1. The van der Waals surface area contributed by atoms with Crippen LogP contribution in [-0.4, -0.2) is 12.0 Å². The van der Waals surface area contributed by atoms with Gasteiger partial charge < -0.3 is 0 Å². The smallest absolute Gasteiger partial charge is 0.256 e. The van der Waals surface area contributed by atoms with E-state index in [9.17, 15) is 9.59 Å². The van der Waals surface area contributed by atoms with E-state index in [4.69, 9.17) is 0 Å². The summed E-state index contributed by atoms with van der Waals surface area (Å²) in [5, 5.41) is 0. The standard InChI is InChI=1S/C10H15NO2/c12-8-11-10(13)7-3-6-9-4-1-2-5-9/h9H,1-7H2. The highest BCUT2D eigenvalue weighted by atomic mass is 16.2. The Morgan fingerprint density at radius 3 is 2.69 bits per heavy atom. The van der Waals surface area contributed by atoms with Crippen molar-refractivity contribution < 1.29 is 9.59 Å². The van der Waals surface area contributed by atoms with Crippen LogP contribution in [0, 0.1) is 5.92 Å². The highest BCUT2D eigenvalue weighted by molar-refractivity contribution is 5.81. The first-order chi connectivity index (χ1) is 6.33. The Morgan fingerprint density at radius 1 is 1.38 bits per heavy atom. The molecule has 0 radical (unpaired) electrons. The molecule has 1 saturated carbocycles. The molecule has 0 heterocycles. The van der Waals surface area contributed by atoms with Gasteiger partial charge >= 0.3 is 0 Å². The second-order valence-electron chi connectivity index (χ2n) is 3.64. The summed E-state index contributed by atoms with van der Waals surface area (Å²) in [6.07, 6.45) is 8.96. The summed E-state index contributed by atoms with van der Waals surface area (Å²) in [6.45, 7) is 0. The summed E-state index contributed by atoms with van der Waals surface area (Å²) in [5.74, 6) is 0.487. The molecule has 0 saturated heterocycles. The zero-order valence-corrected chi connectivity index (χ0v) is 7.79. The Kier molecular flexibility index (Phi) is 4.41. The topological polar surface area (TPSA) is 46.5 Å². The Morgan fingerprint density at radius 2 is 2.08 bits per heavy atom. The molecule has 0 N–H and O–H groups in total. The van der Waals surface area contributed by atoms with Crippen LogP contribution in [0.25, 0.3) is 0 Å². The number of isocyanates is 1. The van der Waals surface area contributed by atoms with Crippen molar-refractivity contribution in [2.75, 3.05) is 0 Å². The number of carbonyl (C=O) groups excluding carboxylic acids is 2. The van der Waals surface area contributed by atoms with Crippen molar-refractivity contribution in [1.29, 1.82) is 0 Å². The van der Waals surface area contributed by atoms with Gasteiger partial charge in [0.15, 0.2) is 0 Å². The van der Waals surface area contributed by atoms with Crippen molar-refractivity contribution in [3.05, 3.63) is 0 Å². The van der Waals surface area contributed by atoms with Crippen LogP contribution in [0.2, 0.25) is 0 Å². The first-order valence-electron chi connectivity index (χ1n) is 4.93. The molecule has 3 nitrogen and oxygen atoms in total. The molecule has 72 valence electrons. The van der Waals surface area contributed by atoms with Crippen LogP contribution in [0.15, 0.2) is 4.99 Å². The predicted molar refractivity (Wildman–Crippen MR) is 48.9 cm³/mol. The third-order valence-electron chi connectivity index (χ3n) is 2.65. The van der Waals surface area contributed by atoms with Crippen molar-refractivity contribution in [3.8, 4) is 0 Å². The van der Waals surface area contributed by atoms with Gasteiger partial charge in [0.2, 0.25) is 6.08 Å². The van der Waals surface area contributed by atoms with Gasteiger partial charge in [0.05, 0.1) is 0 Å². The van der Waals surface area contributed by atoms with Crippen LogP contribution in [-0.2, 0) is 9.59 Å². The maximum absolute atomic E-state index is 10.8. The van der Waals surface area contributed by atoms with E-state index in [1.165, 1.54) is 31.8 Å². The summed E-state index contributed by atoms with van der Waals surface area (Å²) in [4.78, 5) is 23.6. The molecular weight excluding hydrogens is 166 g/mol. The maximum Gasteiger partial charge on any atom is 0.256 e. The zero-order valence-electron chi connectivity index (χ0n) is 7.79. The first kappa shape index (κ1) is 10.1. The van der Waals surface area contributed by atoms with Crippen molar-refractivity contribution in [1.82, 2.24) is 0 Å². The predicted octanol–water partition coefficient (Wildman–Crippen LogP) is 2.21. The third kappa shape index (κ3) is 4.00. The van der Waals surface area contributed by atoms with Crippen molar-refractivity contribution in [2.45, 2.75) is 44.9 Å². The third-order valence-corrected chi connectivity index (χ3v) is 2.65. The fraction of sp³-hybridized carbons (Fsp3) is 0.800. The molecule has 0 unspecified atom stereocenters. The van der Waals surface area contributed by atoms with E-state index >= 15 is 0 Å². The molecule has 0 aromatic rings. The zero-order chi connectivity index (χ0) is 9.52. The molecule has 3 heteroatoms. The minimum absolute atomic E-state index is 0.326. The summed E-state index contributed by atoms with van der Waals surface area (Å²) in [6, 6.07) is 0. The number of hydrogen-bond donors (Lipinski definition) is 0. The molecule has 13 heavy (non-hydrogen) atoms. The van der Waals surface area contributed by atoms with Crippen LogP contribution in [0.3, 0.4) is 0 Å². The minimum Gasteiger partial charge on any atom is -0.272 e. The molecule has 0 aliphatic heterocycles. The Labute approximate surface area is 78.2 Å². The van der Waals surface area contributed by atoms with Crippen LogP contribution >= 0.6 is 0 Å². The van der Waals surface area contributed by atoms with E-state index in [2.05, 4.69) is 4.99 Å². The molecule has 1 rings (SSSR count). The molecule has 1 aliphatic carbocycles.